The fourth-order valence-corrected chi connectivity index (χ4v) is 1.89. The highest BCUT2D eigenvalue weighted by molar-refractivity contribution is 5.83. The summed E-state index contributed by atoms with van der Waals surface area (Å²) in [6.07, 6.45) is 3.91. The molecule has 0 atom stereocenters. The number of carbonyl (C=O) groups is 1. The smallest absolute Gasteiger partial charge is 0.280 e. The molecular weight excluding hydrogens is 258 g/mol. The molecule has 0 amide bonds. The summed E-state index contributed by atoms with van der Waals surface area (Å²) in [6.45, 7) is 0.624. The van der Waals surface area contributed by atoms with Crippen molar-refractivity contribution in [1.29, 1.82) is 0 Å². The second-order valence-corrected chi connectivity index (χ2v) is 4.33. The van der Waals surface area contributed by atoms with Crippen molar-refractivity contribution in [2.75, 3.05) is 11.9 Å². The van der Waals surface area contributed by atoms with E-state index in [1.54, 1.807) is 18.5 Å². The highest BCUT2D eigenvalue weighted by Gasteiger charge is 2.14. The van der Waals surface area contributed by atoms with Gasteiger partial charge in [-0.3, -0.25) is 19.9 Å². The Hall–Kier alpha value is -2.76. The highest BCUT2D eigenvalue weighted by atomic mass is 16.6. The summed E-state index contributed by atoms with van der Waals surface area (Å²) in [7, 11) is 1.86. The first-order valence-electron chi connectivity index (χ1n) is 5.95. The zero-order chi connectivity index (χ0) is 14.5. The van der Waals surface area contributed by atoms with Crippen LogP contribution in [0.4, 0.5) is 11.4 Å². The average Bonchev–Trinajstić information content (AvgIpc) is 2.47. The minimum Gasteiger partial charge on any atom is -0.370 e. The van der Waals surface area contributed by atoms with Crippen LogP contribution >= 0.6 is 0 Å². The van der Waals surface area contributed by atoms with Crippen molar-refractivity contribution in [3.8, 4) is 0 Å². The van der Waals surface area contributed by atoms with Gasteiger partial charge >= 0.3 is 0 Å². The zero-order valence-electron chi connectivity index (χ0n) is 10.9. The van der Waals surface area contributed by atoms with Crippen LogP contribution in [0, 0.1) is 10.1 Å². The predicted octanol–water partition coefficient (Wildman–Crippen LogP) is 2.44. The Balaban J connectivity index is 2.24. The molecule has 0 unspecified atom stereocenters. The molecule has 0 aliphatic carbocycles. The third-order valence-electron chi connectivity index (χ3n) is 2.94. The van der Waals surface area contributed by atoms with Crippen molar-refractivity contribution in [1.82, 2.24) is 4.98 Å². The fourth-order valence-electron chi connectivity index (χ4n) is 1.89. The van der Waals surface area contributed by atoms with Crippen LogP contribution < -0.4 is 4.90 Å². The molecule has 102 valence electrons. The monoisotopic (exact) mass is 271 g/mol. The molecule has 0 saturated heterocycles. The van der Waals surface area contributed by atoms with E-state index in [0.29, 0.717) is 12.8 Å². The van der Waals surface area contributed by atoms with Crippen LogP contribution in [0.3, 0.4) is 0 Å². The van der Waals surface area contributed by atoms with Crippen LogP contribution in [-0.4, -0.2) is 23.2 Å². The van der Waals surface area contributed by atoms with Gasteiger partial charge in [0.1, 0.15) is 0 Å². The molecule has 6 nitrogen and oxygen atoms in total. The van der Waals surface area contributed by atoms with E-state index in [-0.39, 0.29) is 11.3 Å². The lowest BCUT2D eigenvalue weighted by molar-refractivity contribution is -0.385. The van der Waals surface area contributed by atoms with Gasteiger partial charge in [-0.05, 0) is 29.8 Å². The Kier molecular flexibility index (Phi) is 4.05. The van der Waals surface area contributed by atoms with Gasteiger partial charge in [0.2, 0.25) is 0 Å². The summed E-state index contributed by atoms with van der Waals surface area (Å²) in [5.41, 5.74) is 1.71. The molecule has 0 bridgehead atoms. The SMILES string of the molecule is CN(Cc1ccncc1)c1ccc([N+](=O)[O-])c(C=O)c1. The maximum absolute atomic E-state index is 10.9. The number of nitro groups is 1. The van der Waals surface area contributed by atoms with Gasteiger partial charge in [-0.2, -0.15) is 0 Å². The van der Waals surface area contributed by atoms with E-state index in [1.807, 2.05) is 24.1 Å². The predicted molar refractivity (Wildman–Crippen MR) is 74.8 cm³/mol. The minimum atomic E-state index is -0.559. The number of aromatic nitrogens is 1. The molecule has 0 fully saturated rings. The standard InChI is InChI=1S/C14H13N3O3/c1-16(9-11-4-6-15-7-5-11)13-2-3-14(17(19)20)12(8-13)10-18/h2-8,10H,9H2,1H3. The van der Waals surface area contributed by atoms with Crippen molar-refractivity contribution in [2.45, 2.75) is 6.54 Å². The van der Waals surface area contributed by atoms with Crippen molar-refractivity contribution in [3.63, 3.8) is 0 Å². The largest absolute Gasteiger partial charge is 0.370 e. The van der Waals surface area contributed by atoms with E-state index in [2.05, 4.69) is 4.98 Å². The molecular formula is C14H13N3O3. The second-order valence-electron chi connectivity index (χ2n) is 4.33. The van der Waals surface area contributed by atoms with Crippen molar-refractivity contribution in [2.24, 2.45) is 0 Å². The van der Waals surface area contributed by atoms with Crippen LogP contribution in [0.25, 0.3) is 0 Å². The summed E-state index contributed by atoms with van der Waals surface area (Å²) in [5.74, 6) is 0. The van der Waals surface area contributed by atoms with E-state index >= 15 is 0 Å². The molecule has 0 radical (unpaired) electrons. The van der Waals surface area contributed by atoms with Crippen LogP contribution in [0.2, 0.25) is 0 Å². The molecule has 0 aliphatic rings. The maximum Gasteiger partial charge on any atom is 0.280 e. The Labute approximate surface area is 115 Å². The van der Waals surface area contributed by atoms with Gasteiger partial charge in [-0.25, -0.2) is 0 Å². The Bertz CT molecular complexity index is 629. The summed E-state index contributed by atoms with van der Waals surface area (Å²) < 4.78 is 0. The normalized spacial score (nSPS) is 10.1. The van der Waals surface area contributed by atoms with E-state index in [4.69, 9.17) is 0 Å². The number of anilines is 1. The minimum absolute atomic E-state index is 0.0779. The van der Waals surface area contributed by atoms with E-state index in [1.165, 1.54) is 12.1 Å². The van der Waals surface area contributed by atoms with Crippen molar-refractivity contribution in [3.05, 3.63) is 64.0 Å². The van der Waals surface area contributed by atoms with Crippen LogP contribution in [0.15, 0.2) is 42.7 Å². The molecule has 0 aliphatic heterocycles. The first-order chi connectivity index (χ1) is 9.61. The molecule has 0 N–H and O–H groups in total. The summed E-state index contributed by atoms with van der Waals surface area (Å²) in [4.78, 5) is 27.0. The van der Waals surface area contributed by atoms with Gasteiger partial charge in [0.15, 0.2) is 6.29 Å². The number of benzene rings is 1. The van der Waals surface area contributed by atoms with Crippen LogP contribution in [0.5, 0.6) is 0 Å². The highest BCUT2D eigenvalue weighted by Crippen LogP contribution is 2.24. The first-order valence-corrected chi connectivity index (χ1v) is 5.95. The third-order valence-corrected chi connectivity index (χ3v) is 2.94. The summed E-state index contributed by atoms with van der Waals surface area (Å²) >= 11 is 0. The number of rotatable bonds is 5. The quantitative estimate of drug-likeness (QED) is 0.474. The number of nitrogens with zero attached hydrogens (tertiary/aromatic N) is 3. The molecule has 0 saturated carbocycles. The van der Waals surface area contributed by atoms with E-state index in [9.17, 15) is 14.9 Å². The molecule has 2 rings (SSSR count). The number of hydrogen-bond acceptors (Lipinski definition) is 5. The summed E-state index contributed by atoms with van der Waals surface area (Å²) in [5, 5.41) is 10.8. The van der Waals surface area contributed by atoms with E-state index in [0.717, 1.165) is 11.3 Å². The van der Waals surface area contributed by atoms with Crippen LogP contribution in [-0.2, 0) is 6.54 Å². The lowest BCUT2D eigenvalue weighted by Crippen LogP contribution is -2.16. The summed E-state index contributed by atoms with van der Waals surface area (Å²) in [6, 6.07) is 8.28. The van der Waals surface area contributed by atoms with Gasteiger partial charge in [-0.1, -0.05) is 0 Å². The molecule has 1 aromatic heterocycles. The first kappa shape index (κ1) is 13.7. The zero-order valence-corrected chi connectivity index (χ0v) is 10.9. The van der Waals surface area contributed by atoms with Crippen molar-refractivity contribution >= 4 is 17.7 Å². The average molecular weight is 271 g/mol. The molecule has 2 aromatic rings. The van der Waals surface area contributed by atoms with Gasteiger partial charge in [0.05, 0.1) is 10.5 Å². The lowest BCUT2D eigenvalue weighted by Gasteiger charge is -2.19. The number of pyridine rings is 1. The fraction of sp³-hybridized carbons (Fsp3) is 0.143. The number of aldehydes is 1. The molecule has 0 spiro atoms. The van der Waals surface area contributed by atoms with Gasteiger partial charge in [-0.15, -0.1) is 0 Å². The van der Waals surface area contributed by atoms with Gasteiger partial charge < -0.3 is 4.90 Å². The maximum atomic E-state index is 10.9. The number of nitro benzene ring substituents is 1. The van der Waals surface area contributed by atoms with Crippen LogP contribution in [0.1, 0.15) is 15.9 Å². The Morgan fingerprint density at radius 2 is 2.00 bits per heavy atom. The van der Waals surface area contributed by atoms with E-state index < -0.39 is 4.92 Å². The molecule has 6 heteroatoms. The number of hydrogen-bond donors (Lipinski definition) is 0. The van der Waals surface area contributed by atoms with Gasteiger partial charge in [0.25, 0.3) is 5.69 Å². The van der Waals surface area contributed by atoms with Crippen molar-refractivity contribution < 1.29 is 9.72 Å². The molecule has 20 heavy (non-hydrogen) atoms. The molecule has 1 aromatic carbocycles. The number of carbonyl (C=O) groups excluding carboxylic acids is 1. The Morgan fingerprint density at radius 3 is 2.60 bits per heavy atom. The Morgan fingerprint density at radius 1 is 1.30 bits per heavy atom. The third kappa shape index (κ3) is 2.97. The van der Waals surface area contributed by atoms with Gasteiger partial charge in [0, 0.05) is 37.7 Å². The molecule has 1 heterocycles. The second kappa shape index (κ2) is 5.92. The topological polar surface area (TPSA) is 76.3 Å². The lowest BCUT2D eigenvalue weighted by atomic mass is 10.1.